The van der Waals surface area contributed by atoms with Gasteiger partial charge in [-0.1, -0.05) is 24.5 Å². The van der Waals surface area contributed by atoms with E-state index in [4.69, 9.17) is 0 Å². The van der Waals surface area contributed by atoms with Crippen molar-refractivity contribution in [3.8, 4) is 0 Å². The van der Waals surface area contributed by atoms with Crippen LogP contribution in [0.2, 0.25) is 6.32 Å². The Hall–Kier alpha value is -0.455. The Morgan fingerprint density at radius 2 is 2.33 bits per heavy atom. The highest BCUT2D eigenvalue weighted by molar-refractivity contribution is 6.43. The minimum atomic E-state index is 1.11. The third kappa shape index (κ3) is 0.747. The molecule has 0 nitrogen and oxygen atoms in total. The number of hydrogen-bond donors (Lipinski definition) is 0. The van der Waals surface area contributed by atoms with Crippen molar-refractivity contribution in [1.82, 2.24) is 0 Å². The Labute approximate surface area is 38.8 Å². The monoisotopic (exact) mass is 77.1 g/mol. The smallest absolute Gasteiger partial charge is 0.122 e. The van der Waals surface area contributed by atoms with Gasteiger partial charge in [0.05, 0.1) is 0 Å². The average molecular weight is 76.9 g/mol. The molecule has 0 aromatic heterocycles. The molecule has 1 aliphatic heterocycles. The van der Waals surface area contributed by atoms with E-state index in [9.17, 15) is 0 Å². The highest BCUT2D eigenvalue weighted by atomic mass is 13.7. The van der Waals surface area contributed by atoms with Crippen LogP contribution in [0.15, 0.2) is 24.2 Å². The van der Waals surface area contributed by atoms with Crippen molar-refractivity contribution in [2.45, 2.75) is 6.32 Å². The zero-order valence-corrected chi connectivity index (χ0v) is 3.59. The lowest BCUT2D eigenvalue weighted by Gasteiger charge is -1.86. The van der Waals surface area contributed by atoms with Gasteiger partial charge >= 0.3 is 0 Å². The van der Waals surface area contributed by atoms with Crippen LogP contribution in [-0.4, -0.2) is 7.28 Å². The van der Waals surface area contributed by atoms with Crippen molar-refractivity contribution in [2.24, 2.45) is 0 Å². The zero-order valence-electron chi connectivity index (χ0n) is 3.59. The van der Waals surface area contributed by atoms with Crippen LogP contribution in [-0.2, 0) is 0 Å². The molecule has 1 rings (SSSR count). The summed E-state index contributed by atoms with van der Waals surface area (Å²) in [5.41, 5.74) is 0. The summed E-state index contributed by atoms with van der Waals surface area (Å²) in [6.45, 7) is 0. The van der Waals surface area contributed by atoms with Crippen molar-refractivity contribution in [3.05, 3.63) is 24.2 Å². The van der Waals surface area contributed by atoms with E-state index < -0.39 is 0 Å². The number of hydrogen-bond acceptors (Lipinski definition) is 0. The van der Waals surface area contributed by atoms with Crippen LogP contribution in [0.25, 0.3) is 0 Å². The van der Waals surface area contributed by atoms with E-state index in [-0.39, 0.29) is 0 Å². The quantitative estimate of drug-likeness (QED) is 0.381. The van der Waals surface area contributed by atoms with Gasteiger partial charge in [-0.25, -0.2) is 0 Å². The van der Waals surface area contributed by atoms with E-state index in [2.05, 4.69) is 25.4 Å². The molecule has 0 N–H and O–H groups in total. The summed E-state index contributed by atoms with van der Waals surface area (Å²) in [4.78, 5) is 0. The molecule has 1 heteroatoms. The molecule has 0 saturated heterocycles. The molecule has 0 spiro atoms. The Kier molecular flexibility index (Phi) is 1.15. The molecule has 1 aliphatic rings. The van der Waals surface area contributed by atoms with Gasteiger partial charge in [0.15, 0.2) is 0 Å². The Morgan fingerprint density at radius 3 is 2.50 bits per heavy atom. The molecule has 0 saturated carbocycles. The van der Waals surface area contributed by atoms with Crippen LogP contribution in [0.3, 0.4) is 0 Å². The first-order valence-electron chi connectivity index (χ1n) is 2.15. The second-order valence-corrected chi connectivity index (χ2v) is 1.28. The normalized spacial score (nSPS) is 17.3. The van der Waals surface area contributed by atoms with Crippen LogP contribution in [0.4, 0.5) is 0 Å². The highest BCUT2D eigenvalue weighted by Crippen LogP contribution is 1.90. The predicted octanol–water partition coefficient (Wildman–Crippen LogP) is 1.19. The second-order valence-electron chi connectivity index (χ2n) is 1.28. The van der Waals surface area contributed by atoms with Crippen LogP contribution in [0.1, 0.15) is 0 Å². The highest BCUT2D eigenvalue weighted by Gasteiger charge is 1.80. The Morgan fingerprint density at radius 1 is 1.33 bits per heavy atom. The van der Waals surface area contributed by atoms with E-state index in [0.29, 0.717) is 0 Å². The molecule has 1 heterocycles. The molecule has 0 aliphatic carbocycles. The maximum Gasteiger partial charge on any atom is 0.145 e. The molecule has 0 aromatic rings. The molecular weight excluding hydrogens is 70.9 g/mol. The lowest BCUT2D eigenvalue weighted by molar-refractivity contribution is 1.65. The first-order valence-corrected chi connectivity index (χ1v) is 2.15. The van der Waals surface area contributed by atoms with E-state index in [1.807, 2.05) is 6.08 Å². The minimum absolute atomic E-state index is 1.11. The summed E-state index contributed by atoms with van der Waals surface area (Å²) in [5.74, 6) is 2.06. The molecule has 0 unspecified atom stereocenters. The van der Waals surface area contributed by atoms with Gasteiger partial charge in [-0.15, -0.1) is 5.98 Å². The third-order valence-electron chi connectivity index (χ3n) is 0.767. The average Bonchev–Trinajstić information content (AvgIpc) is 1.72. The fraction of sp³-hybridized carbons (Fsp3) is 0.200. The minimum Gasteiger partial charge on any atom is -0.122 e. The van der Waals surface area contributed by atoms with Crippen molar-refractivity contribution in [2.75, 3.05) is 0 Å². The van der Waals surface area contributed by atoms with Crippen molar-refractivity contribution in [1.29, 1.82) is 0 Å². The molecule has 6 heavy (non-hydrogen) atoms. The second kappa shape index (κ2) is 1.86. The van der Waals surface area contributed by atoms with Crippen LogP contribution in [0, 0.1) is 0 Å². The molecule has 1 radical (unpaired) electrons. The first-order chi connectivity index (χ1) is 3.00. The van der Waals surface area contributed by atoms with Gasteiger partial charge in [0.2, 0.25) is 0 Å². The lowest BCUT2D eigenvalue weighted by atomic mass is 9.72. The van der Waals surface area contributed by atoms with Gasteiger partial charge in [0.1, 0.15) is 7.28 Å². The Bertz CT molecular complexity index is 69.9. The fourth-order valence-electron chi connectivity index (χ4n) is 0.457. The molecule has 29 valence electrons. The zero-order chi connectivity index (χ0) is 4.24. The Balaban J connectivity index is 2.46. The maximum atomic E-state index is 2.12. The summed E-state index contributed by atoms with van der Waals surface area (Å²) < 4.78 is 0. The maximum absolute atomic E-state index is 2.12. The summed E-state index contributed by atoms with van der Waals surface area (Å²) in [7, 11) is 2.12. The van der Waals surface area contributed by atoms with Crippen molar-refractivity contribution >= 4 is 7.28 Å². The molecular formula is C5H6B. The third-order valence-corrected chi connectivity index (χ3v) is 0.767. The van der Waals surface area contributed by atoms with Gasteiger partial charge in [-0.05, 0) is 0 Å². The molecule has 0 fully saturated rings. The molecule has 0 amide bonds. The van der Waals surface area contributed by atoms with Gasteiger partial charge in [0.25, 0.3) is 0 Å². The summed E-state index contributed by atoms with van der Waals surface area (Å²) in [5, 5.41) is 0. The van der Waals surface area contributed by atoms with Gasteiger partial charge < -0.3 is 0 Å². The number of rotatable bonds is 0. The number of allylic oxidation sites excluding steroid dienone is 3. The van der Waals surface area contributed by atoms with Gasteiger partial charge in [0, 0.05) is 0 Å². The van der Waals surface area contributed by atoms with Crippen LogP contribution in [0.5, 0.6) is 0 Å². The lowest BCUT2D eigenvalue weighted by Crippen LogP contribution is -1.81. The molecule has 0 atom stereocenters. The van der Waals surface area contributed by atoms with E-state index in [0.717, 1.165) is 6.32 Å². The van der Waals surface area contributed by atoms with Gasteiger partial charge in [-0.3, -0.25) is 0 Å². The summed E-state index contributed by atoms with van der Waals surface area (Å²) >= 11 is 0. The van der Waals surface area contributed by atoms with Crippen LogP contribution < -0.4 is 0 Å². The summed E-state index contributed by atoms with van der Waals surface area (Å²) in [6, 6.07) is 0. The van der Waals surface area contributed by atoms with E-state index in [1.54, 1.807) is 0 Å². The fourth-order valence-corrected chi connectivity index (χ4v) is 0.457. The van der Waals surface area contributed by atoms with Gasteiger partial charge in [-0.2, -0.15) is 0 Å². The first kappa shape index (κ1) is 3.73. The van der Waals surface area contributed by atoms with Crippen molar-refractivity contribution in [3.63, 3.8) is 0 Å². The largest absolute Gasteiger partial charge is 0.145 e. The summed E-state index contributed by atoms with van der Waals surface area (Å²) in [6.07, 6.45) is 7.32. The standard InChI is InChI=1S/C5H6B/c1-2-4-6-5-3-1/h1-4H,5H2. The van der Waals surface area contributed by atoms with Crippen molar-refractivity contribution < 1.29 is 0 Å². The topological polar surface area (TPSA) is 0 Å². The van der Waals surface area contributed by atoms with Crippen LogP contribution >= 0.6 is 0 Å². The van der Waals surface area contributed by atoms with E-state index in [1.165, 1.54) is 0 Å². The van der Waals surface area contributed by atoms with E-state index >= 15 is 0 Å². The SMILES string of the molecule is [B]1C=CC=CC1. The predicted molar refractivity (Wildman–Crippen MR) is 28.8 cm³/mol. The molecule has 0 aromatic carbocycles. The molecule has 0 bridgehead atoms.